The highest BCUT2D eigenvalue weighted by Crippen LogP contribution is 2.15. The standard InChI is InChI=1S/C12H25N3/c1-10(2)11(3)13-8-12-9-14-4-6-15(12)7-5-14/h10-13H,4-9H2,1-3H3/t11-,12-/m1/s1. The van der Waals surface area contributed by atoms with E-state index in [1.54, 1.807) is 0 Å². The lowest BCUT2D eigenvalue weighted by molar-refractivity contribution is 0.0124. The molecular formula is C12H25N3. The Balaban J connectivity index is 1.75. The van der Waals surface area contributed by atoms with Crippen molar-refractivity contribution in [2.45, 2.75) is 32.9 Å². The van der Waals surface area contributed by atoms with Gasteiger partial charge in [-0.25, -0.2) is 0 Å². The van der Waals surface area contributed by atoms with Crippen LogP contribution in [0.25, 0.3) is 0 Å². The molecule has 0 aromatic rings. The smallest absolute Gasteiger partial charge is 0.0349 e. The zero-order valence-electron chi connectivity index (χ0n) is 10.4. The van der Waals surface area contributed by atoms with Gasteiger partial charge in [0.25, 0.3) is 0 Å². The molecule has 0 aromatic heterocycles. The summed E-state index contributed by atoms with van der Waals surface area (Å²) in [5.74, 6) is 0.737. The third-order valence-corrected chi connectivity index (χ3v) is 4.07. The van der Waals surface area contributed by atoms with Crippen molar-refractivity contribution in [3.63, 3.8) is 0 Å². The fraction of sp³-hybridized carbons (Fsp3) is 1.00. The van der Waals surface area contributed by atoms with Gasteiger partial charge in [-0.15, -0.1) is 0 Å². The minimum Gasteiger partial charge on any atom is -0.312 e. The first kappa shape index (κ1) is 11.4. The summed E-state index contributed by atoms with van der Waals surface area (Å²) in [6, 6.07) is 1.40. The first-order valence-corrected chi connectivity index (χ1v) is 6.36. The summed E-state index contributed by atoms with van der Waals surface area (Å²) in [7, 11) is 0. The van der Waals surface area contributed by atoms with Crippen LogP contribution in [0.3, 0.4) is 0 Å². The lowest BCUT2D eigenvalue weighted by Crippen LogP contribution is -2.63. The van der Waals surface area contributed by atoms with E-state index in [9.17, 15) is 0 Å². The molecule has 3 nitrogen and oxygen atoms in total. The molecule has 2 bridgehead atoms. The molecule has 3 heteroatoms. The van der Waals surface area contributed by atoms with Crippen LogP contribution in [0.1, 0.15) is 20.8 Å². The zero-order chi connectivity index (χ0) is 10.8. The number of nitrogens with zero attached hydrogens (tertiary/aromatic N) is 2. The van der Waals surface area contributed by atoms with Crippen LogP contribution < -0.4 is 5.32 Å². The van der Waals surface area contributed by atoms with Crippen molar-refractivity contribution in [3.8, 4) is 0 Å². The summed E-state index contributed by atoms with van der Waals surface area (Å²) in [4.78, 5) is 5.26. The Morgan fingerprint density at radius 1 is 1.13 bits per heavy atom. The van der Waals surface area contributed by atoms with E-state index in [-0.39, 0.29) is 0 Å². The van der Waals surface area contributed by atoms with Gasteiger partial charge < -0.3 is 5.32 Å². The minimum absolute atomic E-state index is 0.640. The van der Waals surface area contributed by atoms with Crippen molar-refractivity contribution >= 4 is 0 Å². The number of nitrogens with one attached hydrogen (secondary N) is 1. The largest absolute Gasteiger partial charge is 0.312 e. The molecule has 3 heterocycles. The predicted octanol–water partition coefficient (Wildman–Crippen LogP) is 0.620. The van der Waals surface area contributed by atoms with Crippen molar-refractivity contribution in [2.75, 3.05) is 39.3 Å². The van der Waals surface area contributed by atoms with Crippen LogP contribution in [0.5, 0.6) is 0 Å². The number of hydrogen-bond acceptors (Lipinski definition) is 3. The average Bonchev–Trinajstić information content (AvgIpc) is 2.27. The van der Waals surface area contributed by atoms with Gasteiger partial charge in [-0.05, 0) is 12.8 Å². The molecule has 0 radical (unpaired) electrons. The second-order valence-electron chi connectivity index (χ2n) is 5.43. The number of fused-ring (bicyclic) bond motifs is 3. The van der Waals surface area contributed by atoms with Gasteiger partial charge in [0, 0.05) is 51.4 Å². The molecule has 3 aliphatic rings. The van der Waals surface area contributed by atoms with Crippen LogP contribution in [0.15, 0.2) is 0 Å². The highest BCUT2D eigenvalue weighted by molar-refractivity contribution is 4.89. The van der Waals surface area contributed by atoms with E-state index in [2.05, 4.69) is 35.9 Å². The number of hydrogen-bond donors (Lipinski definition) is 1. The second-order valence-corrected chi connectivity index (χ2v) is 5.43. The summed E-state index contributed by atoms with van der Waals surface area (Å²) >= 11 is 0. The quantitative estimate of drug-likeness (QED) is 0.735. The maximum Gasteiger partial charge on any atom is 0.0349 e. The van der Waals surface area contributed by atoms with E-state index in [0.717, 1.165) is 18.5 Å². The van der Waals surface area contributed by atoms with Crippen molar-refractivity contribution in [1.82, 2.24) is 15.1 Å². The summed E-state index contributed by atoms with van der Waals surface area (Å²) in [6.45, 7) is 14.4. The van der Waals surface area contributed by atoms with E-state index in [1.165, 1.54) is 32.7 Å². The van der Waals surface area contributed by atoms with Gasteiger partial charge in [0.2, 0.25) is 0 Å². The van der Waals surface area contributed by atoms with Crippen molar-refractivity contribution in [3.05, 3.63) is 0 Å². The third-order valence-electron chi connectivity index (χ3n) is 4.07. The van der Waals surface area contributed by atoms with Crippen LogP contribution in [0.2, 0.25) is 0 Å². The van der Waals surface area contributed by atoms with Gasteiger partial charge in [0.05, 0.1) is 0 Å². The zero-order valence-corrected chi connectivity index (χ0v) is 10.4. The average molecular weight is 211 g/mol. The van der Waals surface area contributed by atoms with E-state index in [4.69, 9.17) is 0 Å². The molecule has 15 heavy (non-hydrogen) atoms. The Labute approximate surface area is 93.8 Å². The first-order chi connectivity index (χ1) is 7.16. The molecule has 1 N–H and O–H groups in total. The van der Waals surface area contributed by atoms with E-state index >= 15 is 0 Å². The summed E-state index contributed by atoms with van der Waals surface area (Å²) in [6.07, 6.45) is 0. The fourth-order valence-electron chi connectivity index (χ4n) is 2.48. The normalized spacial score (nSPS) is 37.2. The second kappa shape index (κ2) is 4.81. The number of rotatable bonds is 4. The molecule has 3 saturated heterocycles. The molecular weight excluding hydrogens is 186 g/mol. The van der Waals surface area contributed by atoms with Gasteiger partial charge in [-0.2, -0.15) is 0 Å². The third kappa shape index (κ3) is 2.71. The maximum atomic E-state index is 3.67. The lowest BCUT2D eigenvalue weighted by Gasteiger charge is -2.47. The molecule has 88 valence electrons. The Hall–Kier alpha value is -0.120. The van der Waals surface area contributed by atoms with Crippen molar-refractivity contribution in [2.24, 2.45) is 5.92 Å². The molecule has 3 rings (SSSR count). The summed E-state index contributed by atoms with van der Waals surface area (Å²) < 4.78 is 0. The van der Waals surface area contributed by atoms with E-state index < -0.39 is 0 Å². The molecule has 0 spiro atoms. The van der Waals surface area contributed by atoms with Crippen molar-refractivity contribution in [1.29, 1.82) is 0 Å². The van der Waals surface area contributed by atoms with Gasteiger partial charge in [-0.1, -0.05) is 13.8 Å². The van der Waals surface area contributed by atoms with E-state index in [1.807, 2.05) is 0 Å². The molecule has 3 fully saturated rings. The highest BCUT2D eigenvalue weighted by Gasteiger charge is 2.31. The Morgan fingerprint density at radius 2 is 1.80 bits per heavy atom. The van der Waals surface area contributed by atoms with Gasteiger partial charge in [0.1, 0.15) is 0 Å². The molecule has 0 amide bonds. The summed E-state index contributed by atoms with van der Waals surface area (Å²) in [5.41, 5.74) is 0. The molecule has 3 aliphatic heterocycles. The lowest BCUT2D eigenvalue weighted by atomic mass is 10.0. The monoisotopic (exact) mass is 211 g/mol. The SMILES string of the molecule is CC(C)[C@@H](C)NC[C@@H]1CN2CCN1CC2. The molecule has 0 unspecified atom stereocenters. The molecule has 2 atom stereocenters. The van der Waals surface area contributed by atoms with E-state index in [0.29, 0.717) is 6.04 Å². The van der Waals surface area contributed by atoms with Gasteiger partial charge in [0.15, 0.2) is 0 Å². The first-order valence-electron chi connectivity index (χ1n) is 6.36. The Kier molecular flexibility index (Phi) is 3.65. The van der Waals surface area contributed by atoms with Gasteiger partial charge in [-0.3, -0.25) is 9.80 Å². The number of piperazine rings is 3. The molecule has 0 aromatic carbocycles. The topological polar surface area (TPSA) is 18.5 Å². The molecule has 0 aliphatic carbocycles. The Bertz CT molecular complexity index is 197. The minimum atomic E-state index is 0.640. The fourth-order valence-corrected chi connectivity index (χ4v) is 2.48. The van der Waals surface area contributed by atoms with Gasteiger partial charge >= 0.3 is 0 Å². The highest BCUT2D eigenvalue weighted by atomic mass is 15.3. The molecule has 0 saturated carbocycles. The summed E-state index contributed by atoms with van der Waals surface area (Å²) in [5, 5.41) is 3.67. The Morgan fingerprint density at radius 3 is 2.27 bits per heavy atom. The van der Waals surface area contributed by atoms with Crippen LogP contribution in [0.4, 0.5) is 0 Å². The van der Waals surface area contributed by atoms with Crippen LogP contribution >= 0.6 is 0 Å². The van der Waals surface area contributed by atoms with Crippen LogP contribution in [-0.2, 0) is 0 Å². The van der Waals surface area contributed by atoms with Crippen LogP contribution in [-0.4, -0.2) is 61.2 Å². The maximum absolute atomic E-state index is 3.67. The predicted molar refractivity (Wildman–Crippen MR) is 64.1 cm³/mol. The van der Waals surface area contributed by atoms with Crippen molar-refractivity contribution < 1.29 is 0 Å². The van der Waals surface area contributed by atoms with Crippen LogP contribution in [0, 0.1) is 5.92 Å².